The van der Waals surface area contributed by atoms with Crippen LogP contribution in [0.15, 0.2) is 34.9 Å². The van der Waals surface area contributed by atoms with Gasteiger partial charge in [0.05, 0.1) is 0 Å². The number of aromatic nitrogens is 1. The number of amides is 1. The molecule has 0 aliphatic heterocycles. The van der Waals surface area contributed by atoms with E-state index < -0.39 is 0 Å². The number of nitrogens with one attached hydrogen (secondary N) is 1. The van der Waals surface area contributed by atoms with Gasteiger partial charge in [-0.1, -0.05) is 30.1 Å². The Morgan fingerprint density at radius 3 is 2.75 bits per heavy atom. The van der Waals surface area contributed by atoms with Crippen LogP contribution >= 0.6 is 11.6 Å². The largest absolute Gasteiger partial charge is 0.355 e. The van der Waals surface area contributed by atoms with E-state index in [1.54, 1.807) is 18.2 Å². The van der Waals surface area contributed by atoms with Crippen molar-refractivity contribution in [3.63, 3.8) is 0 Å². The van der Waals surface area contributed by atoms with Crippen LogP contribution in [0.4, 0.5) is 0 Å². The number of carbonyl (C=O) groups is 1. The lowest BCUT2D eigenvalue weighted by Crippen LogP contribution is -2.32. The summed E-state index contributed by atoms with van der Waals surface area (Å²) in [6.07, 6.45) is 1.96. The summed E-state index contributed by atoms with van der Waals surface area (Å²) in [6, 6.07) is 8.94. The second kappa shape index (κ2) is 6.57. The van der Waals surface area contributed by atoms with E-state index >= 15 is 0 Å². The zero-order chi connectivity index (χ0) is 14.5. The highest BCUT2D eigenvalue weighted by Gasteiger charge is 2.15. The van der Waals surface area contributed by atoms with E-state index in [4.69, 9.17) is 16.1 Å². The lowest BCUT2D eigenvalue weighted by Gasteiger charge is -2.10. The Bertz CT molecular complexity index is 578. The number of carbonyl (C=O) groups excluding carboxylic acids is 1. The Labute approximate surface area is 123 Å². The average Bonchev–Trinajstić information content (AvgIpc) is 2.89. The molecule has 0 radical (unpaired) electrons. The van der Waals surface area contributed by atoms with Gasteiger partial charge in [-0.3, -0.25) is 4.79 Å². The second-order valence-electron chi connectivity index (χ2n) is 4.75. The van der Waals surface area contributed by atoms with Gasteiger partial charge in [-0.15, -0.1) is 0 Å². The van der Waals surface area contributed by atoms with E-state index in [1.807, 2.05) is 19.1 Å². The number of benzene rings is 1. The molecule has 1 aromatic heterocycles. The molecule has 1 aromatic carbocycles. The molecule has 1 amide bonds. The zero-order valence-corrected chi connectivity index (χ0v) is 12.3. The van der Waals surface area contributed by atoms with E-state index in [1.165, 1.54) is 0 Å². The van der Waals surface area contributed by atoms with Gasteiger partial charge in [0.2, 0.25) is 0 Å². The summed E-state index contributed by atoms with van der Waals surface area (Å²) < 4.78 is 5.20. The third-order valence-corrected chi connectivity index (χ3v) is 3.22. The molecule has 0 saturated carbocycles. The SMILES string of the molecule is CCC[C@H](C)NC(=O)c1cc(-c2ccc(Cl)cc2)on1. The lowest BCUT2D eigenvalue weighted by molar-refractivity contribution is 0.0929. The molecule has 0 aliphatic rings. The normalized spacial score (nSPS) is 12.2. The fraction of sp³-hybridized carbons (Fsp3) is 0.333. The maximum Gasteiger partial charge on any atom is 0.273 e. The highest BCUT2D eigenvalue weighted by atomic mass is 35.5. The van der Waals surface area contributed by atoms with Gasteiger partial charge < -0.3 is 9.84 Å². The Balaban J connectivity index is 2.08. The van der Waals surface area contributed by atoms with Crippen LogP contribution in [0.2, 0.25) is 5.02 Å². The molecule has 0 fully saturated rings. The Kier molecular flexibility index (Phi) is 4.79. The van der Waals surface area contributed by atoms with Crippen molar-refractivity contribution in [3.8, 4) is 11.3 Å². The molecule has 0 saturated heterocycles. The smallest absolute Gasteiger partial charge is 0.273 e. The molecule has 20 heavy (non-hydrogen) atoms. The van der Waals surface area contributed by atoms with Crippen molar-refractivity contribution < 1.29 is 9.32 Å². The van der Waals surface area contributed by atoms with Crippen molar-refractivity contribution in [3.05, 3.63) is 41.0 Å². The Morgan fingerprint density at radius 2 is 2.10 bits per heavy atom. The summed E-state index contributed by atoms with van der Waals surface area (Å²) in [5.74, 6) is 0.338. The number of nitrogens with zero attached hydrogens (tertiary/aromatic N) is 1. The predicted molar refractivity (Wildman–Crippen MR) is 78.8 cm³/mol. The summed E-state index contributed by atoms with van der Waals surface area (Å²) in [7, 11) is 0. The van der Waals surface area contributed by atoms with Gasteiger partial charge in [0.15, 0.2) is 11.5 Å². The summed E-state index contributed by atoms with van der Waals surface area (Å²) >= 11 is 5.83. The van der Waals surface area contributed by atoms with Crippen LogP contribution in [-0.4, -0.2) is 17.1 Å². The number of hydrogen-bond acceptors (Lipinski definition) is 3. The number of hydrogen-bond donors (Lipinski definition) is 1. The molecule has 0 spiro atoms. The third-order valence-electron chi connectivity index (χ3n) is 2.97. The summed E-state index contributed by atoms with van der Waals surface area (Å²) in [5.41, 5.74) is 1.13. The summed E-state index contributed by atoms with van der Waals surface area (Å²) in [4.78, 5) is 12.0. The summed E-state index contributed by atoms with van der Waals surface area (Å²) in [5, 5.41) is 7.35. The van der Waals surface area contributed by atoms with Crippen LogP contribution in [0.3, 0.4) is 0 Å². The quantitative estimate of drug-likeness (QED) is 0.909. The molecule has 106 valence electrons. The van der Waals surface area contributed by atoms with E-state index in [2.05, 4.69) is 17.4 Å². The maximum absolute atomic E-state index is 12.0. The van der Waals surface area contributed by atoms with Gasteiger partial charge in [-0.25, -0.2) is 0 Å². The highest BCUT2D eigenvalue weighted by molar-refractivity contribution is 6.30. The van der Waals surface area contributed by atoms with Gasteiger partial charge in [0.1, 0.15) is 0 Å². The predicted octanol–water partition coefficient (Wildman–Crippen LogP) is 3.91. The van der Waals surface area contributed by atoms with Crippen LogP contribution < -0.4 is 5.32 Å². The molecular weight excluding hydrogens is 276 g/mol. The third kappa shape index (κ3) is 3.61. The number of rotatable bonds is 5. The van der Waals surface area contributed by atoms with Crippen molar-refractivity contribution in [2.45, 2.75) is 32.7 Å². The lowest BCUT2D eigenvalue weighted by atomic mass is 10.1. The standard InChI is InChI=1S/C15H17ClN2O2/c1-3-4-10(2)17-15(19)13-9-14(20-18-13)11-5-7-12(16)8-6-11/h5-10H,3-4H2,1-2H3,(H,17,19)/t10-/m0/s1. The van der Waals surface area contributed by atoms with Crippen LogP contribution in [0.25, 0.3) is 11.3 Å². The number of halogens is 1. The van der Waals surface area contributed by atoms with Gasteiger partial charge >= 0.3 is 0 Å². The molecule has 1 atom stereocenters. The van der Waals surface area contributed by atoms with Gasteiger partial charge in [-0.05, 0) is 37.6 Å². The topological polar surface area (TPSA) is 55.1 Å². The first-order valence-corrected chi connectivity index (χ1v) is 7.01. The van der Waals surface area contributed by atoms with E-state index in [0.717, 1.165) is 18.4 Å². The molecule has 2 aromatic rings. The molecule has 2 rings (SSSR count). The maximum atomic E-state index is 12.0. The zero-order valence-electron chi connectivity index (χ0n) is 11.5. The minimum atomic E-state index is -0.213. The van der Waals surface area contributed by atoms with Crippen molar-refractivity contribution in [2.24, 2.45) is 0 Å². The molecular formula is C15H17ClN2O2. The van der Waals surface area contributed by atoms with E-state index in [0.29, 0.717) is 10.8 Å². The average molecular weight is 293 g/mol. The monoisotopic (exact) mass is 292 g/mol. The summed E-state index contributed by atoms with van der Waals surface area (Å²) in [6.45, 7) is 4.05. The van der Waals surface area contributed by atoms with Gasteiger partial charge in [0, 0.05) is 22.7 Å². The Morgan fingerprint density at radius 1 is 1.40 bits per heavy atom. The van der Waals surface area contributed by atoms with Crippen molar-refractivity contribution >= 4 is 17.5 Å². The fourth-order valence-corrected chi connectivity index (χ4v) is 2.06. The van der Waals surface area contributed by atoms with E-state index in [9.17, 15) is 4.79 Å². The second-order valence-corrected chi connectivity index (χ2v) is 5.18. The minimum absolute atomic E-state index is 0.128. The fourth-order valence-electron chi connectivity index (χ4n) is 1.94. The molecule has 0 bridgehead atoms. The first-order chi connectivity index (χ1) is 9.60. The van der Waals surface area contributed by atoms with Crippen LogP contribution in [0.1, 0.15) is 37.2 Å². The molecule has 4 nitrogen and oxygen atoms in total. The Hall–Kier alpha value is -1.81. The minimum Gasteiger partial charge on any atom is -0.355 e. The van der Waals surface area contributed by atoms with Crippen LogP contribution in [-0.2, 0) is 0 Å². The van der Waals surface area contributed by atoms with Gasteiger partial charge in [-0.2, -0.15) is 0 Å². The van der Waals surface area contributed by atoms with Crippen LogP contribution in [0.5, 0.6) is 0 Å². The molecule has 1 heterocycles. The molecule has 5 heteroatoms. The first kappa shape index (κ1) is 14.6. The van der Waals surface area contributed by atoms with E-state index in [-0.39, 0.29) is 17.6 Å². The molecule has 0 aliphatic carbocycles. The van der Waals surface area contributed by atoms with Gasteiger partial charge in [0.25, 0.3) is 5.91 Å². The highest BCUT2D eigenvalue weighted by Crippen LogP contribution is 2.22. The van der Waals surface area contributed by atoms with Crippen molar-refractivity contribution in [1.29, 1.82) is 0 Å². The first-order valence-electron chi connectivity index (χ1n) is 6.63. The molecule has 1 N–H and O–H groups in total. The van der Waals surface area contributed by atoms with Crippen molar-refractivity contribution in [1.82, 2.24) is 10.5 Å². The van der Waals surface area contributed by atoms with Crippen molar-refractivity contribution in [2.75, 3.05) is 0 Å². The molecule has 0 unspecified atom stereocenters. The van der Waals surface area contributed by atoms with Crippen LogP contribution in [0, 0.1) is 0 Å².